The number of nitrogens with zero attached hydrogens (tertiary/aromatic N) is 1. The molecule has 0 radical (unpaired) electrons. The number of anilines is 1. The van der Waals surface area contributed by atoms with Crippen LogP contribution in [-0.4, -0.2) is 32.1 Å². The van der Waals surface area contributed by atoms with E-state index in [0.29, 0.717) is 18.3 Å². The number of nitrogens with one attached hydrogen (secondary N) is 2. The van der Waals surface area contributed by atoms with E-state index in [2.05, 4.69) is 17.0 Å². The van der Waals surface area contributed by atoms with Crippen molar-refractivity contribution >= 4 is 21.7 Å². The van der Waals surface area contributed by atoms with Gasteiger partial charge in [-0.3, -0.25) is 4.72 Å². The van der Waals surface area contributed by atoms with Gasteiger partial charge in [-0.2, -0.15) is 8.42 Å². The Labute approximate surface area is 191 Å². The van der Waals surface area contributed by atoms with Gasteiger partial charge in [0, 0.05) is 19.6 Å². The zero-order valence-electron chi connectivity index (χ0n) is 19.3. The van der Waals surface area contributed by atoms with E-state index in [-0.39, 0.29) is 10.7 Å². The Morgan fingerprint density at radius 2 is 1.81 bits per heavy atom. The van der Waals surface area contributed by atoms with Crippen LogP contribution in [-0.2, 0) is 28.4 Å². The quantitative estimate of drug-likeness (QED) is 0.425. The molecule has 2 N–H and O–H groups in total. The van der Waals surface area contributed by atoms with E-state index in [1.54, 1.807) is 12.1 Å². The summed E-state index contributed by atoms with van der Waals surface area (Å²) in [7, 11) is -1.08. The average Bonchev–Trinajstić information content (AvgIpc) is 2.98. The van der Waals surface area contributed by atoms with Gasteiger partial charge in [0.1, 0.15) is 5.69 Å². The molecule has 7 nitrogen and oxygen atoms in total. The van der Waals surface area contributed by atoms with Gasteiger partial charge in [0.15, 0.2) is 5.03 Å². The smallest absolute Gasteiger partial charge is 0.354 e. The molecule has 176 valence electrons. The molecule has 0 aliphatic heterocycles. The Bertz CT molecular complexity index is 1010. The Kier molecular flexibility index (Phi) is 8.37. The van der Waals surface area contributed by atoms with Gasteiger partial charge in [-0.15, -0.1) is 0 Å². The number of hydrogen-bond donors (Lipinski definition) is 2. The lowest BCUT2D eigenvalue weighted by Crippen LogP contribution is -2.28. The van der Waals surface area contributed by atoms with Crippen LogP contribution in [0.1, 0.15) is 67.9 Å². The third kappa shape index (κ3) is 6.13. The van der Waals surface area contributed by atoms with Crippen molar-refractivity contribution in [1.82, 2.24) is 9.88 Å². The highest BCUT2D eigenvalue weighted by Crippen LogP contribution is 2.27. The van der Waals surface area contributed by atoms with E-state index in [1.165, 1.54) is 69.4 Å². The first-order valence-electron chi connectivity index (χ1n) is 11.4. The molecule has 1 aliphatic carbocycles. The largest absolute Gasteiger partial charge is 0.464 e. The number of rotatable bonds is 9. The number of carbonyl (C=O) groups is 1. The topological polar surface area (TPSA) is 89.4 Å². The second kappa shape index (κ2) is 11.0. The molecule has 0 saturated heterocycles. The number of ether oxygens (including phenoxy) is 1. The summed E-state index contributed by atoms with van der Waals surface area (Å²) in [5.41, 5.74) is 1.59. The first-order chi connectivity index (χ1) is 15.3. The first kappa shape index (κ1) is 24.3. The van der Waals surface area contributed by atoms with Gasteiger partial charge in [-0.1, -0.05) is 56.7 Å². The molecule has 0 bridgehead atoms. The number of para-hydroxylation sites is 1. The van der Waals surface area contributed by atoms with Crippen LogP contribution in [0, 0.1) is 5.92 Å². The molecule has 1 fully saturated rings. The minimum absolute atomic E-state index is 0.00222. The molecule has 1 aliphatic rings. The predicted molar refractivity (Wildman–Crippen MR) is 126 cm³/mol. The van der Waals surface area contributed by atoms with Crippen molar-refractivity contribution in [3.63, 3.8) is 0 Å². The van der Waals surface area contributed by atoms with Crippen LogP contribution in [0.3, 0.4) is 0 Å². The normalized spacial score (nSPS) is 16.3. The van der Waals surface area contributed by atoms with Crippen molar-refractivity contribution in [3.05, 3.63) is 47.7 Å². The van der Waals surface area contributed by atoms with E-state index in [1.807, 2.05) is 12.1 Å². The number of benzene rings is 1. The molecule has 1 aromatic heterocycles. The summed E-state index contributed by atoms with van der Waals surface area (Å²) in [6.45, 7) is 2.78. The maximum atomic E-state index is 13.0. The summed E-state index contributed by atoms with van der Waals surface area (Å²) >= 11 is 0. The standard InChI is InChI=1S/C24H35N3O4S/c1-18(16-19-10-6-4-5-7-11-19)25-17-20-12-8-9-13-21(20)26-32(29,30)23-15-14-22(27(23)2)24(28)31-3/h8-9,12-15,18-19,25-26H,4-7,10-11,16-17H2,1-3H3/t18-/m0/s1. The third-order valence-electron chi connectivity index (χ3n) is 6.31. The van der Waals surface area contributed by atoms with Crippen molar-refractivity contribution in [2.24, 2.45) is 13.0 Å². The fourth-order valence-corrected chi connectivity index (χ4v) is 5.81. The number of esters is 1. The molecule has 32 heavy (non-hydrogen) atoms. The van der Waals surface area contributed by atoms with E-state index in [0.717, 1.165) is 17.9 Å². The van der Waals surface area contributed by atoms with Gasteiger partial charge >= 0.3 is 5.97 Å². The average molecular weight is 462 g/mol. The van der Waals surface area contributed by atoms with Crippen LogP contribution in [0.4, 0.5) is 5.69 Å². The Balaban J connectivity index is 1.67. The van der Waals surface area contributed by atoms with E-state index in [9.17, 15) is 13.2 Å². The summed E-state index contributed by atoms with van der Waals surface area (Å²) in [4.78, 5) is 11.8. The summed E-state index contributed by atoms with van der Waals surface area (Å²) < 4.78 is 34.8. The molecule has 0 spiro atoms. The van der Waals surface area contributed by atoms with Crippen LogP contribution in [0.15, 0.2) is 41.4 Å². The Morgan fingerprint density at radius 1 is 1.12 bits per heavy atom. The molecule has 8 heteroatoms. The number of carbonyl (C=O) groups excluding carboxylic acids is 1. The van der Waals surface area contributed by atoms with Crippen molar-refractivity contribution in [1.29, 1.82) is 0 Å². The van der Waals surface area contributed by atoms with Crippen molar-refractivity contribution in [2.75, 3.05) is 11.8 Å². The maximum absolute atomic E-state index is 13.0. The van der Waals surface area contributed by atoms with Crippen molar-refractivity contribution < 1.29 is 17.9 Å². The zero-order chi connectivity index (χ0) is 23.1. The molecule has 1 atom stereocenters. The Hall–Kier alpha value is -2.32. The zero-order valence-corrected chi connectivity index (χ0v) is 20.1. The fourth-order valence-electron chi connectivity index (χ4n) is 4.51. The molecule has 3 rings (SSSR count). The first-order valence-corrected chi connectivity index (χ1v) is 12.9. The summed E-state index contributed by atoms with van der Waals surface area (Å²) in [5, 5.41) is 3.57. The van der Waals surface area contributed by atoms with Gasteiger partial charge in [0.2, 0.25) is 0 Å². The Morgan fingerprint density at radius 3 is 2.50 bits per heavy atom. The van der Waals surface area contributed by atoms with Crippen LogP contribution >= 0.6 is 0 Å². The second-order valence-corrected chi connectivity index (χ2v) is 10.4. The van der Waals surface area contributed by atoms with Gasteiger partial charge in [0.25, 0.3) is 10.0 Å². The third-order valence-corrected chi connectivity index (χ3v) is 7.76. The highest BCUT2D eigenvalue weighted by atomic mass is 32.2. The van der Waals surface area contributed by atoms with Gasteiger partial charge in [0.05, 0.1) is 12.8 Å². The van der Waals surface area contributed by atoms with Crippen molar-refractivity contribution in [2.45, 2.75) is 69.5 Å². The van der Waals surface area contributed by atoms with Crippen LogP contribution in [0.2, 0.25) is 0 Å². The molecular weight excluding hydrogens is 426 g/mol. The van der Waals surface area contributed by atoms with Gasteiger partial charge in [-0.25, -0.2) is 4.79 Å². The lowest BCUT2D eigenvalue weighted by Gasteiger charge is -2.21. The minimum atomic E-state index is -3.88. The minimum Gasteiger partial charge on any atom is -0.464 e. The second-order valence-electron chi connectivity index (χ2n) is 8.75. The lowest BCUT2D eigenvalue weighted by molar-refractivity contribution is 0.0589. The highest BCUT2D eigenvalue weighted by Gasteiger charge is 2.23. The van der Waals surface area contributed by atoms with Crippen LogP contribution in [0.25, 0.3) is 0 Å². The molecule has 1 heterocycles. The SMILES string of the molecule is COC(=O)c1ccc(S(=O)(=O)Nc2ccccc2CN[C@@H](C)CC2CCCCCC2)n1C. The van der Waals surface area contributed by atoms with E-state index in [4.69, 9.17) is 4.74 Å². The number of methoxy groups -OCH3 is 1. The predicted octanol–water partition coefficient (Wildman–Crippen LogP) is 4.45. The molecule has 2 aromatic rings. The molecule has 1 saturated carbocycles. The van der Waals surface area contributed by atoms with Crippen LogP contribution in [0.5, 0.6) is 0 Å². The summed E-state index contributed by atoms with van der Waals surface area (Å²) in [6.07, 6.45) is 9.15. The summed E-state index contributed by atoms with van der Waals surface area (Å²) in [6, 6.07) is 10.6. The number of sulfonamides is 1. The number of hydrogen-bond acceptors (Lipinski definition) is 5. The van der Waals surface area contributed by atoms with Crippen molar-refractivity contribution in [3.8, 4) is 0 Å². The molecule has 0 amide bonds. The molecule has 0 unspecified atom stereocenters. The lowest BCUT2D eigenvalue weighted by atomic mass is 9.93. The van der Waals surface area contributed by atoms with Gasteiger partial charge < -0.3 is 14.6 Å². The fraction of sp³-hybridized carbons (Fsp3) is 0.542. The van der Waals surface area contributed by atoms with Crippen LogP contribution < -0.4 is 10.0 Å². The van der Waals surface area contributed by atoms with E-state index >= 15 is 0 Å². The highest BCUT2D eigenvalue weighted by molar-refractivity contribution is 7.92. The molecule has 1 aromatic carbocycles. The summed E-state index contributed by atoms with van der Waals surface area (Å²) in [5.74, 6) is 0.191. The maximum Gasteiger partial charge on any atom is 0.354 e. The monoisotopic (exact) mass is 461 g/mol. The number of aromatic nitrogens is 1. The van der Waals surface area contributed by atoms with E-state index < -0.39 is 16.0 Å². The van der Waals surface area contributed by atoms with Gasteiger partial charge in [-0.05, 0) is 43.0 Å². The molecular formula is C24H35N3O4S.